The van der Waals surface area contributed by atoms with Gasteiger partial charge in [-0.2, -0.15) is 0 Å². The molecule has 0 bridgehead atoms. The van der Waals surface area contributed by atoms with Crippen molar-refractivity contribution in [1.29, 1.82) is 0 Å². The van der Waals surface area contributed by atoms with E-state index in [1.165, 1.54) is 5.56 Å². The van der Waals surface area contributed by atoms with Crippen molar-refractivity contribution in [2.75, 3.05) is 13.1 Å². The first kappa shape index (κ1) is 12.7. The van der Waals surface area contributed by atoms with Gasteiger partial charge in [-0.1, -0.05) is 42.5 Å². The Morgan fingerprint density at radius 1 is 0.938 bits per heavy atom. The Morgan fingerprint density at radius 3 is 2.00 bits per heavy atom. The zero-order valence-corrected chi connectivity index (χ0v) is 9.94. The molecule has 0 amide bonds. The fourth-order valence-electron chi connectivity index (χ4n) is 1.66. The van der Waals surface area contributed by atoms with E-state index in [2.05, 4.69) is 48.4 Å². The molecule has 1 aromatic rings. The van der Waals surface area contributed by atoms with E-state index in [4.69, 9.17) is 0 Å². The Labute approximate surface area is 99.1 Å². The van der Waals surface area contributed by atoms with Crippen LogP contribution in [0.2, 0.25) is 0 Å². The molecule has 0 atom stereocenters. The monoisotopic (exact) mass is 215 g/mol. The van der Waals surface area contributed by atoms with Crippen LogP contribution >= 0.6 is 0 Å². The second-order valence-corrected chi connectivity index (χ2v) is 3.92. The van der Waals surface area contributed by atoms with Gasteiger partial charge in [0.2, 0.25) is 0 Å². The van der Waals surface area contributed by atoms with Gasteiger partial charge in [0.15, 0.2) is 0 Å². The number of nitrogens with zero attached hydrogens (tertiary/aromatic N) is 1. The summed E-state index contributed by atoms with van der Waals surface area (Å²) in [6.07, 6.45) is 6.05. The molecule has 1 aromatic carbocycles. The summed E-state index contributed by atoms with van der Waals surface area (Å²) in [4.78, 5) is 2.44. The van der Waals surface area contributed by atoms with E-state index in [1.54, 1.807) is 0 Å². The Hall–Kier alpha value is -1.34. The molecule has 16 heavy (non-hydrogen) atoms. The third kappa shape index (κ3) is 4.94. The second-order valence-electron chi connectivity index (χ2n) is 3.92. The minimum absolute atomic E-state index is 1.02. The van der Waals surface area contributed by atoms with E-state index >= 15 is 0 Å². The minimum Gasteiger partial charge on any atom is -0.298 e. The van der Waals surface area contributed by atoms with Gasteiger partial charge in [-0.05, 0) is 18.4 Å². The van der Waals surface area contributed by atoms with E-state index in [9.17, 15) is 0 Å². The van der Waals surface area contributed by atoms with Gasteiger partial charge in [0.25, 0.3) is 0 Å². The largest absolute Gasteiger partial charge is 0.298 e. The molecule has 0 saturated carbocycles. The number of rotatable bonds is 8. The third-order valence-corrected chi connectivity index (χ3v) is 2.55. The fraction of sp³-hybridized carbons (Fsp3) is 0.333. The normalized spacial score (nSPS) is 10.3. The van der Waals surface area contributed by atoms with Gasteiger partial charge in [0.05, 0.1) is 0 Å². The van der Waals surface area contributed by atoms with Crippen LogP contribution in [-0.4, -0.2) is 18.0 Å². The minimum atomic E-state index is 1.02. The molecule has 0 fully saturated rings. The highest BCUT2D eigenvalue weighted by molar-refractivity contribution is 5.14. The highest BCUT2D eigenvalue weighted by atomic mass is 15.1. The first-order valence-electron chi connectivity index (χ1n) is 5.85. The maximum Gasteiger partial charge on any atom is 0.0233 e. The van der Waals surface area contributed by atoms with E-state index in [0.717, 1.165) is 32.5 Å². The van der Waals surface area contributed by atoms with Gasteiger partial charge in [-0.25, -0.2) is 0 Å². The summed E-state index contributed by atoms with van der Waals surface area (Å²) in [5.74, 6) is 0. The van der Waals surface area contributed by atoms with Gasteiger partial charge in [0, 0.05) is 19.6 Å². The van der Waals surface area contributed by atoms with Crippen LogP contribution in [0.15, 0.2) is 55.6 Å². The van der Waals surface area contributed by atoms with Crippen molar-refractivity contribution < 1.29 is 0 Å². The zero-order valence-electron chi connectivity index (χ0n) is 9.94. The van der Waals surface area contributed by atoms with Gasteiger partial charge in [-0.15, -0.1) is 13.2 Å². The molecule has 1 rings (SSSR count). The van der Waals surface area contributed by atoms with E-state index in [0.29, 0.717) is 0 Å². The van der Waals surface area contributed by atoms with Gasteiger partial charge < -0.3 is 0 Å². The summed E-state index contributed by atoms with van der Waals surface area (Å²) in [5, 5.41) is 0. The van der Waals surface area contributed by atoms with Crippen molar-refractivity contribution >= 4 is 0 Å². The molecular formula is C15H21N. The van der Waals surface area contributed by atoms with Crippen molar-refractivity contribution in [3.63, 3.8) is 0 Å². The van der Waals surface area contributed by atoms with Gasteiger partial charge in [0.1, 0.15) is 0 Å². The Kier molecular flexibility index (Phi) is 6.28. The highest BCUT2D eigenvalue weighted by Gasteiger charge is 2.03. The molecule has 0 spiro atoms. The maximum absolute atomic E-state index is 3.77. The SMILES string of the molecule is C=CCCN(CCC=C)Cc1ccccc1. The van der Waals surface area contributed by atoms with Crippen molar-refractivity contribution in [3.05, 3.63) is 61.2 Å². The molecule has 0 unspecified atom stereocenters. The van der Waals surface area contributed by atoms with Gasteiger partial charge >= 0.3 is 0 Å². The smallest absolute Gasteiger partial charge is 0.0233 e. The lowest BCUT2D eigenvalue weighted by Gasteiger charge is -2.21. The lowest BCUT2D eigenvalue weighted by molar-refractivity contribution is 0.276. The Balaban J connectivity index is 2.48. The van der Waals surface area contributed by atoms with Crippen LogP contribution in [-0.2, 0) is 6.54 Å². The summed E-state index contributed by atoms with van der Waals surface area (Å²) >= 11 is 0. The molecule has 0 aliphatic rings. The molecule has 0 radical (unpaired) electrons. The molecule has 0 aliphatic carbocycles. The summed E-state index contributed by atoms with van der Waals surface area (Å²) in [5.41, 5.74) is 1.37. The summed E-state index contributed by atoms with van der Waals surface area (Å²) in [6, 6.07) is 10.6. The standard InChI is InChI=1S/C15H21N/c1-3-5-12-16(13-6-4-2)14-15-10-8-7-9-11-15/h3-4,7-11H,1-2,5-6,12-14H2. The van der Waals surface area contributed by atoms with Crippen LogP contribution in [0.5, 0.6) is 0 Å². The highest BCUT2D eigenvalue weighted by Crippen LogP contribution is 2.06. The molecule has 0 aliphatic heterocycles. The number of hydrogen-bond donors (Lipinski definition) is 0. The number of benzene rings is 1. The quantitative estimate of drug-likeness (QED) is 0.598. The van der Waals surface area contributed by atoms with E-state index < -0.39 is 0 Å². The zero-order chi connectivity index (χ0) is 11.6. The van der Waals surface area contributed by atoms with Crippen molar-refractivity contribution in [2.24, 2.45) is 0 Å². The Morgan fingerprint density at radius 2 is 1.50 bits per heavy atom. The van der Waals surface area contributed by atoms with Crippen LogP contribution in [0.1, 0.15) is 18.4 Å². The second kappa shape index (κ2) is 7.89. The molecule has 0 heterocycles. The van der Waals surface area contributed by atoms with Crippen LogP contribution < -0.4 is 0 Å². The molecular weight excluding hydrogens is 194 g/mol. The van der Waals surface area contributed by atoms with Crippen LogP contribution in [0.25, 0.3) is 0 Å². The molecule has 0 saturated heterocycles. The van der Waals surface area contributed by atoms with E-state index in [-0.39, 0.29) is 0 Å². The van der Waals surface area contributed by atoms with Crippen LogP contribution in [0.3, 0.4) is 0 Å². The Bertz CT molecular complexity index is 290. The molecule has 86 valence electrons. The van der Waals surface area contributed by atoms with E-state index in [1.807, 2.05) is 12.2 Å². The third-order valence-electron chi connectivity index (χ3n) is 2.55. The average Bonchev–Trinajstić information content (AvgIpc) is 2.34. The average molecular weight is 215 g/mol. The summed E-state index contributed by atoms with van der Waals surface area (Å²) < 4.78 is 0. The summed E-state index contributed by atoms with van der Waals surface area (Å²) in [6.45, 7) is 10.7. The van der Waals surface area contributed by atoms with Crippen molar-refractivity contribution in [2.45, 2.75) is 19.4 Å². The van der Waals surface area contributed by atoms with Crippen molar-refractivity contribution in [1.82, 2.24) is 4.90 Å². The summed E-state index contributed by atoms with van der Waals surface area (Å²) in [7, 11) is 0. The molecule has 1 nitrogen and oxygen atoms in total. The first-order chi connectivity index (χ1) is 7.86. The molecule has 1 heteroatoms. The molecule has 0 aromatic heterocycles. The maximum atomic E-state index is 3.77. The lowest BCUT2D eigenvalue weighted by atomic mass is 10.2. The van der Waals surface area contributed by atoms with Gasteiger partial charge in [-0.3, -0.25) is 4.90 Å². The van der Waals surface area contributed by atoms with Crippen LogP contribution in [0, 0.1) is 0 Å². The van der Waals surface area contributed by atoms with Crippen molar-refractivity contribution in [3.8, 4) is 0 Å². The fourth-order valence-corrected chi connectivity index (χ4v) is 1.66. The topological polar surface area (TPSA) is 3.24 Å². The number of hydrogen-bond acceptors (Lipinski definition) is 1. The lowest BCUT2D eigenvalue weighted by Crippen LogP contribution is -2.25. The first-order valence-corrected chi connectivity index (χ1v) is 5.85. The van der Waals surface area contributed by atoms with Crippen LogP contribution in [0.4, 0.5) is 0 Å². The predicted molar refractivity (Wildman–Crippen MR) is 71.3 cm³/mol. The molecule has 0 N–H and O–H groups in total. The predicted octanol–water partition coefficient (Wildman–Crippen LogP) is 3.64.